The predicted molar refractivity (Wildman–Crippen MR) is 103 cm³/mol. The van der Waals surface area contributed by atoms with E-state index < -0.39 is 11.7 Å². The molecule has 3 aromatic carbocycles. The number of halogens is 3. The molecule has 0 bridgehead atoms. The van der Waals surface area contributed by atoms with Crippen LogP contribution in [0.2, 0.25) is 0 Å². The highest BCUT2D eigenvalue weighted by Crippen LogP contribution is 2.37. The number of alkyl halides is 3. The minimum atomic E-state index is -4.44. The summed E-state index contributed by atoms with van der Waals surface area (Å²) in [5, 5.41) is 2.73. The smallest absolute Gasteiger partial charge is 0.417 e. The average Bonchev–Trinajstić information content (AvgIpc) is 2.67. The molecule has 6 heteroatoms. The Hall–Kier alpha value is -3.28. The Morgan fingerprint density at radius 2 is 1.64 bits per heavy atom. The number of benzene rings is 3. The van der Waals surface area contributed by atoms with Crippen molar-refractivity contribution in [1.82, 2.24) is 0 Å². The molecule has 1 amide bonds. The number of carbonyl (C=O) groups is 1. The summed E-state index contributed by atoms with van der Waals surface area (Å²) >= 11 is 0. The van der Waals surface area contributed by atoms with Crippen LogP contribution in [0.1, 0.15) is 21.5 Å². The number of rotatable bonds is 4. The fraction of sp³-hybridized carbons (Fsp3) is 0.136. The predicted octanol–water partition coefficient (Wildman–Crippen LogP) is 5.94. The van der Waals surface area contributed by atoms with E-state index in [0.29, 0.717) is 22.6 Å². The number of methoxy groups -OCH3 is 1. The second-order valence-corrected chi connectivity index (χ2v) is 6.28. The highest BCUT2D eigenvalue weighted by molar-refractivity contribution is 6.06. The third-order valence-electron chi connectivity index (χ3n) is 4.29. The molecule has 0 aliphatic heterocycles. The monoisotopic (exact) mass is 385 g/mol. The Bertz CT molecular complexity index is 995. The molecule has 28 heavy (non-hydrogen) atoms. The van der Waals surface area contributed by atoms with Gasteiger partial charge in [-0.1, -0.05) is 42.0 Å². The van der Waals surface area contributed by atoms with Gasteiger partial charge in [-0.3, -0.25) is 4.79 Å². The second kappa shape index (κ2) is 7.76. The molecule has 144 valence electrons. The van der Waals surface area contributed by atoms with Crippen molar-refractivity contribution >= 4 is 11.6 Å². The molecule has 3 aromatic rings. The largest absolute Gasteiger partial charge is 0.496 e. The average molecular weight is 385 g/mol. The number of ether oxygens (including phenoxy) is 1. The number of para-hydroxylation sites is 1. The van der Waals surface area contributed by atoms with Crippen molar-refractivity contribution in [3.05, 3.63) is 83.4 Å². The van der Waals surface area contributed by atoms with Gasteiger partial charge in [0.2, 0.25) is 0 Å². The SMILES string of the molecule is COc1ccccc1C(=O)Nc1ccc(-c2cc(C)ccc2C(F)(F)F)cc1. The van der Waals surface area contributed by atoms with E-state index in [1.165, 1.54) is 19.2 Å². The van der Waals surface area contributed by atoms with Crippen molar-refractivity contribution in [2.45, 2.75) is 13.1 Å². The Labute approximate surface area is 160 Å². The van der Waals surface area contributed by atoms with E-state index in [0.717, 1.165) is 11.6 Å². The van der Waals surface area contributed by atoms with Crippen molar-refractivity contribution in [2.24, 2.45) is 0 Å². The molecule has 0 heterocycles. The molecule has 0 atom stereocenters. The Morgan fingerprint density at radius 3 is 2.29 bits per heavy atom. The molecule has 0 aliphatic carbocycles. The van der Waals surface area contributed by atoms with Crippen LogP contribution in [-0.4, -0.2) is 13.0 Å². The van der Waals surface area contributed by atoms with Crippen molar-refractivity contribution in [3.63, 3.8) is 0 Å². The van der Waals surface area contributed by atoms with E-state index in [1.807, 2.05) is 0 Å². The van der Waals surface area contributed by atoms with Crippen molar-refractivity contribution in [1.29, 1.82) is 0 Å². The van der Waals surface area contributed by atoms with Crippen LogP contribution < -0.4 is 10.1 Å². The molecule has 0 spiro atoms. The van der Waals surface area contributed by atoms with E-state index in [9.17, 15) is 18.0 Å². The molecule has 3 nitrogen and oxygen atoms in total. The third kappa shape index (κ3) is 4.17. The maximum Gasteiger partial charge on any atom is 0.417 e. The van der Waals surface area contributed by atoms with Crippen molar-refractivity contribution in [2.75, 3.05) is 12.4 Å². The van der Waals surface area contributed by atoms with Crippen LogP contribution in [0.25, 0.3) is 11.1 Å². The molecule has 0 aliphatic rings. The highest BCUT2D eigenvalue weighted by atomic mass is 19.4. The van der Waals surface area contributed by atoms with E-state index in [-0.39, 0.29) is 11.5 Å². The molecule has 3 rings (SSSR count). The molecule has 0 saturated heterocycles. The number of nitrogens with one attached hydrogen (secondary N) is 1. The summed E-state index contributed by atoms with van der Waals surface area (Å²) in [6.07, 6.45) is -4.44. The van der Waals surface area contributed by atoms with Gasteiger partial charge < -0.3 is 10.1 Å². The summed E-state index contributed by atoms with van der Waals surface area (Å²) in [6, 6.07) is 17.1. The maximum absolute atomic E-state index is 13.3. The zero-order chi connectivity index (χ0) is 20.3. The van der Waals surface area contributed by atoms with Crippen LogP contribution >= 0.6 is 0 Å². The number of hydrogen-bond donors (Lipinski definition) is 1. The molecule has 1 N–H and O–H groups in total. The first-order valence-corrected chi connectivity index (χ1v) is 8.52. The summed E-state index contributed by atoms with van der Waals surface area (Å²) in [5.41, 5.74) is 1.41. The summed E-state index contributed by atoms with van der Waals surface area (Å²) in [7, 11) is 1.47. The van der Waals surface area contributed by atoms with Gasteiger partial charge in [0.05, 0.1) is 18.2 Å². The lowest BCUT2D eigenvalue weighted by Gasteiger charge is -2.14. The van der Waals surface area contributed by atoms with Crippen LogP contribution in [0.4, 0.5) is 18.9 Å². The molecule has 0 fully saturated rings. The highest BCUT2D eigenvalue weighted by Gasteiger charge is 2.33. The molecule has 0 radical (unpaired) electrons. The van der Waals surface area contributed by atoms with Crippen molar-refractivity contribution < 1.29 is 22.7 Å². The van der Waals surface area contributed by atoms with Crippen LogP contribution in [-0.2, 0) is 6.18 Å². The molecule has 0 unspecified atom stereocenters. The van der Waals surface area contributed by atoms with Crippen LogP contribution in [0.5, 0.6) is 5.75 Å². The van der Waals surface area contributed by atoms with E-state index >= 15 is 0 Å². The van der Waals surface area contributed by atoms with E-state index in [2.05, 4.69) is 5.32 Å². The molecular formula is C22H18F3NO2. The van der Waals surface area contributed by atoms with E-state index in [1.54, 1.807) is 55.5 Å². The Balaban J connectivity index is 1.87. The lowest BCUT2D eigenvalue weighted by Crippen LogP contribution is -2.13. The molecule has 0 saturated carbocycles. The summed E-state index contributed by atoms with van der Waals surface area (Å²) < 4.78 is 45.1. The zero-order valence-electron chi connectivity index (χ0n) is 15.3. The van der Waals surface area contributed by atoms with Gasteiger partial charge >= 0.3 is 6.18 Å². The lowest BCUT2D eigenvalue weighted by atomic mass is 9.97. The minimum Gasteiger partial charge on any atom is -0.496 e. The summed E-state index contributed by atoms with van der Waals surface area (Å²) in [4.78, 5) is 12.4. The normalized spacial score (nSPS) is 11.2. The lowest BCUT2D eigenvalue weighted by molar-refractivity contribution is -0.137. The van der Waals surface area contributed by atoms with Crippen LogP contribution in [0, 0.1) is 6.92 Å². The van der Waals surface area contributed by atoms with Gasteiger partial charge in [-0.2, -0.15) is 13.2 Å². The van der Waals surface area contributed by atoms with Crippen molar-refractivity contribution in [3.8, 4) is 16.9 Å². The fourth-order valence-electron chi connectivity index (χ4n) is 2.91. The van der Waals surface area contributed by atoms with Crippen LogP contribution in [0.15, 0.2) is 66.7 Å². The Morgan fingerprint density at radius 1 is 0.964 bits per heavy atom. The summed E-state index contributed by atoms with van der Waals surface area (Å²) in [6.45, 7) is 1.74. The first kappa shape index (κ1) is 19.5. The summed E-state index contributed by atoms with van der Waals surface area (Å²) in [5.74, 6) is 0.0722. The van der Waals surface area contributed by atoms with Gasteiger partial charge in [0.25, 0.3) is 5.91 Å². The van der Waals surface area contributed by atoms with Gasteiger partial charge in [-0.05, 0) is 48.4 Å². The van der Waals surface area contributed by atoms with Crippen LogP contribution in [0.3, 0.4) is 0 Å². The molecule has 0 aromatic heterocycles. The second-order valence-electron chi connectivity index (χ2n) is 6.28. The number of aryl methyl sites for hydroxylation is 1. The first-order valence-electron chi connectivity index (χ1n) is 8.52. The van der Waals surface area contributed by atoms with Gasteiger partial charge in [-0.25, -0.2) is 0 Å². The number of hydrogen-bond acceptors (Lipinski definition) is 2. The van der Waals surface area contributed by atoms with Gasteiger partial charge in [-0.15, -0.1) is 0 Å². The van der Waals surface area contributed by atoms with E-state index in [4.69, 9.17) is 4.74 Å². The van der Waals surface area contributed by atoms with Gasteiger partial charge in [0, 0.05) is 5.69 Å². The number of amides is 1. The van der Waals surface area contributed by atoms with Gasteiger partial charge in [0.1, 0.15) is 5.75 Å². The first-order chi connectivity index (χ1) is 13.3. The standard InChI is InChI=1S/C22H18F3NO2/c1-14-7-12-19(22(23,24)25)18(13-14)15-8-10-16(11-9-15)26-21(27)17-5-3-4-6-20(17)28-2/h3-13H,1-2H3,(H,26,27). The Kier molecular flexibility index (Phi) is 5.40. The minimum absolute atomic E-state index is 0.107. The zero-order valence-corrected chi connectivity index (χ0v) is 15.3. The van der Waals surface area contributed by atoms with Gasteiger partial charge in [0.15, 0.2) is 0 Å². The molecular weight excluding hydrogens is 367 g/mol. The quantitative estimate of drug-likeness (QED) is 0.603. The third-order valence-corrected chi connectivity index (χ3v) is 4.29. The number of anilines is 1. The fourth-order valence-corrected chi connectivity index (χ4v) is 2.91. The number of carbonyl (C=O) groups excluding carboxylic acids is 1. The maximum atomic E-state index is 13.3. The topological polar surface area (TPSA) is 38.3 Å².